The standard InChI is InChI=1S/C25H32N2O2/c1-17(2)21-15-14-18(3)22-23(20-12-8-5-9-13-20)26-27(24(21)22)25(28)29-16-19-10-6-4-7-11-19/h4-13,17-18,21-24,26H,14-16H2,1-3H3. The minimum atomic E-state index is -0.262. The molecule has 1 saturated heterocycles. The molecule has 2 aliphatic rings. The highest BCUT2D eigenvalue weighted by molar-refractivity contribution is 5.68. The highest BCUT2D eigenvalue weighted by Gasteiger charge is 2.53. The fourth-order valence-corrected chi connectivity index (χ4v) is 5.30. The van der Waals surface area contributed by atoms with E-state index in [1.165, 1.54) is 12.0 Å². The van der Waals surface area contributed by atoms with Gasteiger partial charge in [0.2, 0.25) is 0 Å². The van der Waals surface area contributed by atoms with Crippen molar-refractivity contribution in [2.75, 3.05) is 0 Å². The Bertz CT molecular complexity index is 808. The van der Waals surface area contributed by atoms with E-state index in [2.05, 4.69) is 50.5 Å². The summed E-state index contributed by atoms with van der Waals surface area (Å²) in [5.74, 6) is 1.94. The van der Waals surface area contributed by atoms with Crippen LogP contribution in [-0.4, -0.2) is 17.1 Å². The first-order chi connectivity index (χ1) is 14.1. The van der Waals surface area contributed by atoms with Crippen LogP contribution < -0.4 is 5.43 Å². The average molecular weight is 393 g/mol. The lowest BCUT2D eigenvalue weighted by Crippen LogP contribution is -2.50. The normalized spacial score (nSPS) is 29.0. The van der Waals surface area contributed by atoms with E-state index in [1.54, 1.807) is 0 Å². The molecule has 1 aliphatic carbocycles. The van der Waals surface area contributed by atoms with E-state index in [0.717, 1.165) is 12.0 Å². The molecule has 2 aromatic carbocycles. The number of hydrogen-bond donors (Lipinski definition) is 1. The van der Waals surface area contributed by atoms with E-state index in [0.29, 0.717) is 30.3 Å². The fraction of sp³-hybridized carbons (Fsp3) is 0.480. The molecule has 1 amide bonds. The van der Waals surface area contributed by atoms with Gasteiger partial charge in [-0.1, -0.05) is 81.4 Å². The van der Waals surface area contributed by atoms with E-state index in [4.69, 9.17) is 4.74 Å². The molecule has 4 nitrogen and oxygen atoms in total. The molecule has 0 spiro atoms. The lowest BCUT2D eigenvalue weighted by atomic mass is 9.65. The number of hydrogen-bond acceptors (Lipinski definition) is 3. The van der Waals surface area contributed by atoms with Crippen molar-refractivity contribution in [2.24, 2.45) is 23.7 Å². The molecule has 5 atom stereocenters. The fourth-order valence-electron chi connectivity index (χ4n) is 5.30. The van der Waals surface area contributed by atoms with Gasteiger partial charge in [0.1, 0.15) is 6.61 Å². The second-order valence-corrected chi connectivity index (χ2v) is 8.96. The van der Waals surface area contributed by atoms with Gasteiger partial charge in [-0.3, -0.25) is 0 Å². The van der Waals surface area contributed by atoms with Gasteiger partial charge in [-0.15, -0.1) is 0 Å². The van der Waals surface area contributed by atoms with Gasteiger partial charge in [0, 0.05) is 5.92 Å². The van der Waals surface area contributed by atoms with Crippen LogP contribution in [0.1, 0.15) is 50.8 Å². The second kappa shape index (κ2) is 8.58. The number of nitrogens with zero attached hydrogens (tertiary/aromatic N) is 1. The smallest absolute Gasteiger partial charge is 0.424 e. The summed E-state index contributed by atoms with van der Waals surface area (Å²) in [6.07, 6.45) is 2.11. The number of ether oxygens (including phenoxy) is 1. The molecule has 0 bridgehead atoms. The van der Waals surface area contributed by atoms with Crippen LogP contribution in [-0.2, 0) is 11.3 Å². The van der Waals surface area contributed by atoms with Crippen molar-refractivity contribution in [3.8, 4) is 0 Å². The molecule has 2 aromatic rings. The molecule has 1 heterocycles. The Balaban J connectivity index is 1.60. The number of nitrogens with one attached hydrogen (secondary N) is 1. The maximum atomic E-state index is 13.2. The highest BCUT2D eigenvalue weighted by Crippen LogP contribution is 2.49. The van der Waals surface area contributed by atoms with Crippen molar-refractivity contribution >= 4 is 6.09 Å². The molecule has 1 aliphatic heterocycles. The first kappa shape index (κ1) is 20.0. The number of hydrazine groups is 1. The summed E-state index contributed by atoms with van der Waals surface area (Å²) >= 11 is 0. The summed E-state index contributed by atoms with van der Waals surface area (Å²) in [5, 5.41) is 1.82. The van der Waals surface area contributed by atoms with E-state index >= 15 is 0 Å². The molecule has 0 radical (unpaired) electrons. The minimum Gasteiger partial charge on any atom is -0.444 e. The van der Waals surface area contributed by atoms with Crippen LogP contribution >= 0.6 is 0 Å². The molecule has 0 aromatic heterocycles. The zero-order valence-electron chi connectivity index (χ0n) is 17.6. The van der Waals surface area contributed by atoms with Crippen LogP contribution in [0.25, 0.3) is 0 Å². The van der Waals surface area contributed by atoms with Gasteiger partial charge in [0.15, 0.2) is 0 Å². The van der Waals surface area contributed by atoms with Crippen molar-refractivity contribution in [3.63, 3.8) is 0 Å². The second-order valence-electron chi connectivity index (χ2n) is 8.96. The van der Waals surface area contributed by atoms with Crippen molar-refractivity contribution in [2.45, 2.75) is 52.3 Å². The summed E-state index contributed by atoms with van der Waals surface area (Å²) in [7, 11) is 0. The Hall–Kier alpha value is -2.33. The van der Waals surface area contributed by atoms with Gasteiger partial charge in [0.25, 0.3) is 0 Å². The van der Waals surface area contributed by atoms with Crippen LogP contribution in [0.2, 0.25) is 0 Å². The average Bonchev–Trinajstić information content (AvgIpc) is 3.15. The van der Waals surface area contributed by atoms with Crippen LogP contribution in [0.4, 0.5) is 4.79 Å². The van der Waals surface area contributed by atoms with Crippen molar-refractivity contribution in [3.05, 3.63) is 71.8 Å². The first-order valence-electron chi connectivity index (χ1n) is 10.9. The van der Waals surface area contributed by atoms with E-state index in [1.807, 2.05) is 41.4 Å². The summed E-state index contributed by atoms with van der Waals surface area (Å²) in [6.45, 7) is 7.19. The van der Waals surface area contributed by atoms with Gasteiger partial charge in [0.05, 0.1) is 12.1 Å². The molecule has 154 valence electrons. The first-order valence-corrected chi connectivity index (χ1v) is 10.9. The topological polar surface area (TPSA) is 41.6 Å². The van der Waals surface area contributed by atoms with E-state index in [-0.39, 0.29) is 18.2 Å². The quantitative estimate of drug-likeness (QED) is 0.739. The van der Waals surface area contributed by atoms with Gasteiger partial charge >= 0.3 is 6.09 Å². The van der Waals surface area contributed by atoms with Gasteiger partial charge in [-0.2, -0.15) is 0 Å². The van der Waals surface area contributed by atoms with Crippen molar-refractivity contribution in [1.82, 2.24) is 10.4 Å². The molecule has 1 N–H and O–H groups in total. The van der Waals surface area contributed by atoms with Gasteiger partial charge in [-0.25, -0.2) is 15.2 Å². The third-order valence-corrected chi connectivity index (χ3v) is 6.82. The zero-order valence-corrected chi connectivity index (χ0v) is 17.6. The molecule has 2 fully saturated rings. The SMILES string of the molecule is CC(C)C1CCC(C)C2C(c3ccccc3)NN(C(=O)OCc3ccccc3)C12. The summed E-state index contributed by atoms with van der Waals surface area (Å²) < 4.78 is 5.73. The van der Waals surface area contributed by atoms with Crippen molar-refractivity contribution < 1.29 is 9.53 Å². The molecular weight excluding hydrogens is 360 g/mol. The number of rotatable bonds is 4. The number of carbonyl (C=O) groups is 1. The van der Waals surface area contributed by atoms with Crippen molar-refractivity contribution in [1.29, 1.82) is 0 Å². The maximum absolute atomic E-state index is 13.2. The lowest BCUT2D eigenvalue weighted by molar-refractivity contribution is 0.0279. The summed E-state index contributed by atoms with van der Waals surface area (Å²) in [4.78, 5) is 13.2. The number of benzene rings is 2. The Morgan fingerprint density at radius 3 is 2.38 bits per heavy atom. The Labute approximate surface area is 174 Å². The van der Waals surface area contributed by atoms with Crippen LogP contribution in [0.3, 0.4) is 0 Å². The molecule has 4 heteroatoms. The van der Waals surface area contributed by atoms with E-state index < -0.39 is 0 Å². The Morgan fingerprint density at radius 1 is 1.07 bits per heavy atom. The predicted octanol–water partition coefficient (Wildman–Crippen LogP) is 5.57. The van der Waals surface area contributed by atoms with Gasteiger partial charge in [-0.05, 0) is 41.7 Å². The largest absolute Gasteiger partial charge is 0.444 e. The zero-order chi connectivity index (χ0) is 20.4. The maximum Gasteiger partial charge on any atom is 0.424 e. The molecular formula is C25H32N2O2. The molecule has 4 rings (SSSR count). The van der Waals surface area contributed by atoms with Crippen LogP contribution in [0.15, 0.2) is 60.7 Å². The Morgan fingerprint density at radius 2 is 1.72 bits per heavy atom. The predicted molar refractivity (Wildman–Crippen MR) is 115 cm³/mol. The number of fused-ring (bicyclic) bond motifs is 1. The molecule has 29 heavy (non-hydrogen) atoms. The van der Waals surface area contributed by atoms with Crippen LogP contribution in [0.5, 0.6) is 0 Å². The van der Waals surface area contributed by atoms with Gasteiger partial charge < -0.3 is 4.74 Å². The third kappa shape index (κ3) is 4.04. The highest BCUT2D eigenvalue weighted by atomic mass is 16.6. The summed E-state index contributed by atoms with van der Waals surface area (Å²) in [5.41, 5.74) is 5.81. The van der Waals surface area contributed by atoms with E-state index in [9.17, 15) is 4.79 Å². The van der Waals surface area contributed by atoms with Crippen LogP contribution in [0, 0.1) is 23.7 Å². The minimum absolute atomic E-state index is 0.141. The summed E-state index contributed by atoms with van der Waals surface area (Å²) in [6, 6.07) is 20.7. The number of amides is 1. The number of carbonyl (C=O) groups excluding carboxylic acids is 1. The molecule has 1 saturated carbocycles. The monoisotopic (exact) mass is 392 g/mol. The lowest BCUT2D eigenvalue weighted by Gasteiger charge is -2.42. The Kier molecular flexibility index (Phi) is 5.91. The third-order valence-electron chi connectivity index (χ3n) is 6.82. The molecule has 5 unspecified atom stereocenters.